The third kappa shape index (κ3) is 3.45. The van der Waals surface area contributed by atoms with Gasteiger partial charge in [0.25, 0.3) is 0 Å². The van der Waals surface area contributed by atoms with E-state index in [-0.39, 0.29) is 12.5 Å². The second-order valence-corrected chi connectivity index (χ2v) is 5.52. The number of piperazine rings is 1. The molecule has 1 aromatic heterocycles. The van der Waals surface area contributed by atoms with Crippen LogP contribution in [-0.4, -0.2) is 65.1 Å². The van der Waals surface area contributed by atoms with Crippen LogP contribution in [0.2, 0.25) is 0 Å². The average Bonchev–Trinajstić information content (AvgIpc) is 2.96. The molecule has 1 aliphatic heterocycles. The summed E-state index contributed by atoms with van der Waals surface area (Å²) in [7, 11) is 0. The number of amides is 1. The van der Waals surface area contributed by atoms with E-state index >= 15 is 0 Å². The number of aryl methyl sites for hydroxylation is 1. The Labute approximate surface area is 129 Å². The lowest BCUT2D eigenvalue weighted by Gasteiger charge is -2.34. The maximum Gasteiger partial charge on any atom is 0.223 e. The summed E-state index contributed by atoms with van der Waals surface area (Å²) < 4.78 is 5.64. The number of carbonyl (C=O) groups excluding carboxylic acids is 1. The average molecular weight is 303 g/mol. The summed E-state index contributed by atoms with van der Waals surface area (Å²) in [5.41, 5.74) is 1.60. The number of para-hydroxylation sites is 2. The van der Waals surface area contributed by atoms with Crippen LogP contribution in [0.3, 0.4) is 0 Å². The zero-order valence-electron chi connectivity index (χ0n) is 12.6. The largest absolute Gasteiger partial charge is 0.441 e. The minimum Gasteiger partial charge on any atom is -0.441 e. The van der Waals surface area contributed by atoms with E-state index in [1.165, 1.54) is 0 Å². The zero-order chi connectivity index (χ0) is 15.4. The van der Waals surface area contributed by atoms with Gasteiger partial charge in [0.1, 0.15) is 5.52 Å². The minimum atomic E-state index is 0.144. The summed E-state index contributed by atoms with van der Waals surface area (Å²) >= 11 is 0. The van der Waals surface area contributed by atoms with Gasteiger partial charge in [0.2, 0.25) is 5.91 Å². The van der Waals surface area contributed by atoms with Crippen LogP contribution in [0, 0.1) is 0 Å². The van der Waals surface area contributed by atoms with Gasteiger partial charge in [0.05, 0.1) is 6.61 Å². The third-order valence-electron chi connectivity index (χ3n) is 4.03. The highest BCUT2D eigenvalue weighted by Gasteiger charge is 2.20. The third-order valence-corrected chi connectivity index (χ3v) is 4.03. The highest BCUT2D eigenvalue weighted by molar-refractivity contribution is 5.77. The molecule has 0 unspecified atom stereocenters. The molecule has 1 saturated heterocycles. The Morgan fingerprint density at radius 2 is 2.00 bits per heavy atom. The fourth-order valence-corrected chi connectivity index (χ4v) is 2.76. The molecule has 0 aliphatic carbocycles. The first-order valence-corrected chi connectivity index (χ1v) is 7.72. The van der Waals surface area contributed by atoms with Gasteiger partial charge in [-0.25, -0.2) is 4.98 Å². The summed E-state index contributed by atoms with van der Waals surface area (Å²) in [6, 6.07) is 7.62. The van der Waals surface area contributed by atoms with Crippen molar-refractivity contribution in [1.82, 2.24) is 14.8 Å². The number of aliphatic hydroxyl groups is 1. The molecule has 1 fully saturated rings. The highest BCUT2D eigenvalue weighted by atomic mass is 16.3. The number of fused-ring (bicyclic) bond motifs is 1. The van der Waals surface area contributed by atoms with Crippen LogP contribution in [0.15, 0.2) is 28.7 Å². The molecule has 2 aromatic rings. The maximum absolute atomic E-state index is 12.2. The lowest BCUT2D eigenvalue weighted by atomic mass is 10.2. The van der Waals surface area contributed by atoms with E-state index in [1.54, 1.807) is 0 Å². The summed E-state index contributed by atoms with van der Waals surface area (Å²) in [4.78, 5) is 20.7. The number of benzene rings is 1. The first kappa shape index (κ1) is 15.0. The zero-order valence-corrected chi connectivity index (χ0v) is 12.6. The number of hydrogen-bond donors (Lipinski definition) is 1. The SMILES string of the molecule is O=C(CCc1nc2ccccc2o1)N1CCN(CCO)CC1. The standard InChI is InChI=1S/C16H21N3O3/c20-12-11-18-7-9-19(10-8-18)16(21)6-5-15-17-13-3-1-2-4-14(13)22-15/h1-4,20H,5-12H2. The first-order chi connectivity index (χ1) is 10.8. The molecule has 1 N–H and O–H groups in total. The molecule has 2 heterocycles. The van der Waals surface area contributed by atoms with Gasteiger partial charge >= 0.3 is 0 Å². The molecule has 0 radical (unpaired) electrons. The molecular weight excluding hydrogens is 282 g/mol. The lowest BCUT2D eigenvalue weighted by molar-refractivity contribution is -0.133. The number of oxazole rings is 1. The first-order valence-electron chi connectivity index (χ1n) is 7.72. The number of hydrogen-bond acceptors (Lipinski definition) is 5. The molecule has 0 saturated carbocycles. The molecule has 0 atom stereocenters. The van der Waals surface area contributed by atoms with Gasteiger partial charge in [-0.15, -0.1) is 0 Å². The quantitative estimate of drug-likeness (QED) is 0.888. The molecule has 1 aliphatic rings. The molecular formula is C16H21N3O3. The van der Waals surface area contributed by atoms with Crippen molar-refractivity contribution in [3.8, 4) is 0 Å². The highest BCUT2D eigenvalue weighted by Crippen LogP contribution is 2.16. The molecule has 6 nitrogen and oxygen atoms in total. The van der Waals surface area contributed by atoms with Crippen molar-refractivity contribution in [2.75, 3.05) is 39.3 Å². The van der Waals surface area contributed by atoms with Gasteiger partial charge in [-0.2, -0.15) is 0 Å². The van der Waals surface area contributed by atoms with Crippen molar-refractivity contribution < 1.29 is 14.3 Å². The summed E-state index contributed by atoms with van der Waals surface area (Å²) in [6.07, 6.45) is 0.956. The minimum absolute atomic E-state index is 0.144. The van der Waals surface area contributed by atoms with E-state index in [4.69, 9.17) is 9.52 Å². The number of aliphatic hydroxyl groups excluding tert-OH is 1. The Balaban J connectivity index is 1.50. The van der Waals surface area contributed by atoms with E-state index in [0.29, 0.717) is 25.3 Å². The Kier molecular flexibility index (Phi) is 4.70. The van der Waals surface area contributed by atoms with Crippen molar-refractivity contribution in [2.45, 2.75) is 12.8 Å². The predicted molar refractivity (Wildman–Crippen MR) is 82.4 cm³/mol. The Morgan fingerprint density at radius 1 is 1.23 bits per heavy atom. The Hall–Kier alpha value is -1.92. The van der Waals surface area contributed by atoms with Gasteiger partial charge in [0, 0.05) is 45.6 Å². The fraction of sp³-hybridized carbons (Fsp3) is 0.500. The number of aromatic nitrogens is 1. The second-order valence-electron chi connectivity index (χ2n) is 5.52. The Bertz CT molecular complexity index is 599. The summed E-state index contributed by atoms with van der Waals surface area (Å²) in [6.45, 7) is 3.97. The number of nitrogens with zero attached hydrogens (tertiary/aromatic N) is 3. The van der Waals surface area contributed by atoms with Crippen LogP contribution in [0.4, 0.5) is 0 Å². The van der Waals surface area contributed by atoms with Crippen molar-refractivity contribution in [3.05, 3.63) is 30.2 Å². The van der Waals surface area contributed by atoms with Crippen LogP contribution < -0.4 is 0 Å². The maximum atomic E-state index is 12.2. The molecule has 22 heavy (non-hydrogen) atoms. The van der Waals surface area contributed by atoms with E-state index in [9.17, 15) is 4.79 Å². The Morgan fingerprint density at radius 3 is 2.73 bits per heavy atom. The van der Waals surface area contributed by atoms with E-state index in [1.807, 2.05) is 29.2 Å². The molecule has 0 bridgehead atoms. The smallest absolute Gasteiger partial charge is 0.223 e. The topological polar surface area (TPSA) is 69.8 Å². The van der Waals surface area contributed by atoms with E-state index in [2.05, 4.69) is 9.88 Å². The molecule has 3 rings (SSSR count). The van der Waals surface area contributed by atoms with Crippen molar-refractivity contribution in [2.24, 2.45) is 0 Å². The molecule has 0 spiro atoms. The molecule has 6 heteroatoms. The van der Waals surface area contributed by atoms with Crippen molar-refractivity contribution in [3.63, 3.8) is 0 Å². The van der Waals surface area contributed by atoms with E-state index in [0.717, 1.165) is 37.3 Å². The monoisotopic (exact) mass is 303 g/mol. The summed E-state index contributed by atoms with van der Waals surface area (Å²) in [5, 5.41) is 8.92. The van der Waals surface area contributed by atoms with Crippen molar-refractivity contribution >= 4 is 17.0 Å². The predicted octanol–water partition coefficient (Wildman–Crippen LogP) is 0.897. The van der Waals surface area contributed by atoms with Crippen LogP contribution in [0.1, 0.15) is 12.3 Å². The van der Waals surface area contributed by atoms with Gasteiger partial charge in [-0.05, 0) is 12.1 Å². The normalized spacial score (nSPS) is 16.3. The van der Waals surface area contributed by atoms with Crippen LogP contribution in [0.5, 0.6) is 0 Å². The fourth-order valence-electron chi connectivity index (χ4n) is 2.76. The number of rotatable bonds is 5. The summed E-state index contributed by atoms with van der Waals surface area (Å²) in [5.74, 6) is 0.763. The molecule has 1 aromatic carbocycles. The lowest BCUT2D eigenvalue weighted by Crippen LogP contribution is -2.49. The van der Waals surface area contributed by atoms with Crippen LogP contribution >= 0.6 is 0 Å². The van der Waals surface area contributed by atoms with Crippen LogP contribution in [0.25, 0.3) is 11.1 Å². The second kappa shape index (κ2) is 6.89. The number of carbonyl (C=O) groups is 1. The molecule has 1 amide bonds. The number of β-amino-alcohol motifs (C(OH)–C–C–N with tert-alkyl or cyclic N) is 1. The van der Waals surface area contributed by atoms with Gasteiger partial charge < -0.3 is 14.4 Å². The van der Waals surface area contributed by atoms with Gasteiger partial charge in [-0.1, -0.05) is 12.1 Å². The molecule has 118 valence electrons. The van der Waals surface area contributed by atoms with Crippen molar-refractivity contribution in [1.29, 1.82) is 0 Å². The van der Waals surface area contributed by atoms with Gasteiger partial charge in [-0.3, -0.25) is 9.69 Å². The van der Waals surface area contributed by atoms with Gasteiger partial charge in [0.15, 0.2) is 11.5 Å². The van der Waals surface area contributed by atoms with E-state index < -0.39 is 0 Å². The van der Waals surface area contributed by atoms with Crippen LogP contribution in [-0.2, 0) is 11.2 Å².